The van der Waals surface area contributed by atoms with Crippen molar-refractivity contribution in [3.05, 3.63) is 36.0 Å². The third-order valence-electron chi connectivity index (χ3n) is 2.96. The molecule has 3 heteroatoms. The highest BCUT2D eigenvalue weighted by atomic mass is 32.2. The minimum absolute atomic E-state index is 0.216. The molecule has 0 aliphatic heterocycles. The topological polar surface area (TPSA) is 32.9 Å². The van der Waals surface area contributed by atoms with E-state index in [1.165, 1.54) is 0 Å². The Bertz CT molecular complexity index is 518. The molecule has 0 saturated carbocycles. The van der Waals surface area contributed by atoms with Crippen LogP contribution in [0.2, 0.25) is 0 Å². The minimum atomic E-state index is 0.216. The summed E-state index contributed by atoms with van der Waals surface area (Å²) in [5, 5.41) is 1.58. The standard InChI is InChI=1S/C14H17NOS/c1-3-10(2)17-9-14(16)12-8-15-13-7-5-4-6-11(12)13/h4-8,10,15H,3,9H2,1-2H3. The third kappa shape index (κ3) is 2.72. The average molecular weight is 247 g/mol. The number of para-hydroxylation sites is 1. The highest BCUT2D eigenvalue weighted by Crippen LogP contribution is 2.21. The predicted molar refractivity (Wildman–Crippen MR) is 74.8 cm³/mol. The normalized spacial score (nSPS) is 12.8. The van der Waals surface area contributed by atoms with Crippen molar-refractivity contribution in [3.63, 3.8) is 0 Å². The number of carbonyl (C=O) groups excluding carboxylic acids is 1. The molecule has 2 rings (SSSR count). The number of benzene rings is 1. The molecule has 0 spiro atoms. The van der Waals surface area contributed by atoms with Crippen LogP contribution in [0.25, 0.3) is 10.9 Å². The minimum Gasteiger partial charge on any atom is -0.360 e. The molecule has 0 bridgehead atoms. The molecular weight excluding hydrogens is 230 g/mol. The number of hydrogen-bond acceptors (Lipinski definition) is 2. The first kappa shape index (κ1) is 12.2. The molecule has 0 radical (unpaired) electrons. The van der Waals surface area contributed by atoms with Gasteiger partial charge in [-0.05, 0) is 12.5 Å². The molecule has 1 atom stereocenters. The highest BCUT2D eigenvalue weighted by molar-refractivity contribution is 8.00. The number of Topliss-reactive ketones (excluding diaryl/α,β-unsaturated/α-hetero) is 1. The van der Waals surface area contributed by atoms with Gasteiger partial charge in [0.1, 0.15) is 0 Å². The largest absolute Gasteiger partial charge is 0.360 e. The van der Waals surface area contributed by atoms with Crippen molar-refractivity contribution in [1.29, 1.82) is 0 Å². The number of rotatable bonds is 5. The Morgan fingerprint density at radius 2 is 2.18 bits per heavy atom. The molecule has 1 N–H and O–H groups in total. The first-order valence-electron chi connectivity index (χ1n) is 5.93. The molecule has 1 unspecified atom stereocenters. The lowest BCUT2D eigenvalue weighted by atomic mass is 10.1. The van der Waals surface area contributed by atoms with Crippen LogP contribution in [-0.4, -0.2) is 21.8 Å². The van der Waals surface area contributed by atoms with E-state index in [-0.39, 0.29) is 5.78 Å². The van der Waals surface area contributed by atoms with Crippen LogP contribution in [0.4, 0.5) is 0 Å². The molecular formula is C14H17NOS. The monoisotopic (exact) mass is 247 g/mol. The molecule has 2 aromatic rings. The Labute approximate surface area is 106 Å². The lowest BCUT2D eigenvalue weighted by Gasteiger charge is -2.06. The first-order chi connectivity index (χ1) is 8.22. The van der Waals surface area contributed by atoms with E-state index in [1.807, 2.05) is 30.5 Å². The molecule has 17 heavy (non-hydrogen) atoms. The van der Waals surface area contributed by atoms with E-state index in [4.69, 9.17) is 0 Å². The molecule has 1 heterocycles. The quantitative estimate of drug-likeness (QED) is 0.813. The fourth-order valence-electron chi connectivity index (χ4n) is 1.72. The highest BCUT2D eigenvalue weighted by Gasteiger charge is 2.12. The molecule has 0 aliphatic rings. The van der Waals surface area contributed by atoms with E-state index in [0.717, 1.165) is 22.9 Å². The summed E-state index contributed by atoms with van der Waals surface area (Å²) in [4.78, 5) is 15.2. The molecule has 0 saturated heterocycles. The lowest BCUT2D eigenvalue weighted by molar-refractivity contribution is 0.102. The number of carbonyl (C=O) groups is 1. The van der Waals surface area contributed by atoms with Crippen LogP contribution in [0.3, 0.4) is 0 Å². The number of aromatic amines is 1. The van der Waals surface area contributed by atoms with Crippen LogP contribution in [-0.2, 0) is 0 Å². The van der Waals surface area contributed by atoms with Crippen molar-refractivity contribution in [2.45, 2.75) is 25.5 Å². The van der Waals surface area contributed by atoms with Crippen LogP contribution >= 0.6 is 11.8 Å². The molecule has 0 amide bonds. The Hall–Kier alpha value is -1.22. The van der Waals surface area contributed by atoms with Gasteiger partial charge in [0.25, 0.3) is 0 Å². The summed E-state index contributed by atoms with van der Waals surface area (Å²) in [5.74, 6) is 0.782. The fourth-order valence-corrected chi connectivity index (χ4v) is 2.54. The van der Waals surface area contributed by atoms with Gasteiger partial charge in [-0.1, -0.05) is 32.0 Å². The van der Waals surface area contributed by atoms with Crippen LogP contribution in [0.15, 0.2) is 30.5 Å². The second-order valence-electron chi connectivity index (χ2n) is 4.20. The van der Waals surface area contributed by atoms with E-state index < -0.39 is 0 Å². The van der Waals surface area contributed by atoms with E-state index in [9.17, 15) is 4.79 Å². The zero-order valence-electron chi connectivity index (χ0n) is 10.2. The Balaban J connectivity index is 2.14. The van der Waals surface area contributed by atoms with E-state index in [1.54, 1.807) is 11.8 Å². The molecule has 1 aromatic heterocycles. The SMILES string of the molecule is CCC(C)SCC(=O)c1c[nH]c2ccccc12. The summed E-state index contributed by atoms with van der Waals surface area (Å²) in [6.07, 6.45) is 2.93. The number of thioether (sulfide) groups is 1. The van der Waals surface area contributed by atoms with Crippen molar-refractivity contribution < 1.29 is 4.79 Å². The maximum Gasteiger partial charge on any atom is 0.174 e. The molecule has 90 valence electrons. The van der Waals surface area contributed by atoms with Crippen LogP contribution in [0, 0.1) is 0 Å². The van der Waals surface area contributed by atoms with Gasteiger partial charge in [0.05, 0.1) is 5.75 Å². The van der Waals surface area contributed by atoms with Crippen molar-refractivity contribution >= 4 is 28.4 Å². The zero-order valence-corrected chi connectivity index (χ0v) is 11.0. The van der Waals surface area contributed by atoms with Gasteiger partial charge >= 0.3 is 0 Å². The Morgan fingerprint density at radius 3 is 2.94 bits per heavy atom. The predicted octanol–water partition coefficient (Wildman–Crippen LogP) is 3.88. The van der Waals surface area contributed by atoms with Gasteiger partial charge in [-0.25, -0.2) is 0 Å². The van der Waals surface area contributed by atoms with Crippen LogP contribution < -0.4 is 0 Å². The van der Waals surface area contributed by atoms with Crippen molar-refractivity contribution in [3.8, 4) is 0 Å². The number of ketones is 1. The van der Waals surface area contributed by atoms with Crippen LogP contribution in [0.1, 0.15) is 30.6 Å². The number of fused-ring (bicyclic) bond motifs is 1. The van der Waals surface area contributed by atoms with Gasteiger partial charge in [0.15, 0.2) is 5.78 Å². The molecule has 0 aliphatic carbocycles. The summed E-state index contributed by atoms with van der Waals surface area (Å²) < 4.78 is 0. The second-order valence-corrected chi connectivity index (χ2v) is 5.63. The van der Waals surface area contributed by atoms with Crippen molar-refractivity contribution in [1.82, 2.24) is 4.98 Å². The van der Waals surface area contributed by atoms with Gasteiger partial charge in [0, 0.05) is 27.9 Å². The van der Waals surface area contributed by atoms with Gasteiger partial charge < -0.3 is 4.98 Å². The van der Waals surface area contributed by atoms with E-state index in [0.29, 0.717) is 11.0 Å². The summed E-state index contributed by atoms with van der Waals surface area (Å²) in [6, 6.07) is 7.93. The fraction of sp³-hybridized carbons (Fsp3) is 0.357. The Morgan fingerprint density at radius 1 is 1.41 bits per heavy atom. The number of nitrogens with one attached hydrogen (secondary N) is 1. The maximum atomic E-state index is 12.1. The van der Waals surface area contributed by atoms with Gasteiger partial charge in [-0.15, -0.1) is 0 Å². The Kier molecular flexibility index (Phi) is 3.89. The molecule has 0 fully saturated rings. The van der Waals surface area contributed by atoms with Gasteiger partial charge in [0.2, 0.25) is 0 Å². The maximum absolute atomic E-state index is 12.1. The lowest BCUT2D eigenvalue weighted by Crippen LogP contribution is -2.05. The number of H-pyrrole nitrogens is 1. The van der Waals surface area contributed by atoms with Crippen molar-refractivity contribution in [2.75, 3.05) is 5.75 Å². The molecule has 1 aromatic carbocycles. The zero-order chi connectivity index (χ0) is 12.3. The van der Waals surface area contributed by atoms with Gasteiger partial charge in [-0.3, -0.25) is 4.79 Å². The van der Waals surface area contributed by atoms with Gasteiger partial charge in [-0.2, -0.15) is 11.8 Å². The first-order valence-corrected chi connectivity index (χ1v) is 6.98. The van der Waals surface area contributed by atoms with E-state index >= 15 is 0 Å². The summed E-state index contributed by atoms with van der Waals surface area (Å²) in [7, 11) is 0. The van der Waals surface area contributed by atoms with Crippen LogP contribution in [0.5, 0.6) is 0 Å². The number of aromatic nitrogens is 1. The second kappa shape index (κ2) is 5.41. The van der Waals surface area contributed by atoms with E-state index in [2.05, 4.69) is 18.8 Å². The van der Waals surface area contributed by atoms with Crippen molar-refractivity contribution in [2.24, 2.45) is 0 Å². The summed E-state index contributed by atoms with van der Waals surface area (Å²) in [6.45, 7) is 4.31. The summed E-state index contributed by atoms with van der Waals surface area (Å²) in [5.41, 5.74) is 1.85. The smallest absolute Gasteiger partial charge is 0.174 e. The third-order valence-corrected chi connectivity index (χ3v) is 4.29. The average Bonchev–Trinajstić information content (AvgIpc) is 2.79. The number of hydrogen-bond donors (Lipinski definition) is 1. The molecule has 2 nitrogen and oxygen atoms in total. The summed E-state index contributed by atoms with van der Waals surface area (Å²) >= 11 is 1.73.